The minimum atomic E-state index is 0.728. The molecule has 0 aliphatic heterocycles. The second-order valence-corrected chi connectivity index (χ2v) is 6.85. The third-order valence-electron chi connectivity index (χ3n) is 4.57. The van der Waals surface area contributed by atoms with E-state index in [-0.39, 0.29) is 0 Å². The van der Waals surface area contributed by atoms with E-state index in [9.17, 15) is 0 Å². The van der Waals surface area contributed by atoms with Crippen LogP contribution in [-0.2, 0) is 0 Å². The minimum Gasteiger partial charge on any atom is -0.497 e. The highest BCUT2D eigenvalue weighted by molar-refractivity contribution is 5.92. The molecule has 0 amide bonds. The molecule has 0 bridgehead atoms. The zero-order valence-electron chi connectivity index (χ0n) is 16.7. The van der Waals surface area contributed by atoms with E-state index in [4.69, 9.17) is 14.7 Å². The van der Waals surface area contributed by atoms with E-state index in [1.54, 1.807) is 7.11 Å². The first-order chi connectivity index (χ1) is 13.0. The molecule has 0 unspecified atom stereocenters. The van der Waals surface area contributed by atoms with Crippen LogP contribution in [0.25, 0.3) is 10.9 Å². The summed E-state index contributed by atoms with van der Waals surface area (Å²) in [5.41, 5.74) is 1.98. The maximum Gasteiger partial charge on any atom is 0.227 e. The number of likely N-dealkylation sites (N-methyl/N-ethyl adjacent to an activating group) is 2. The standard InChI is InChI=1S/C21H27N5O/c1-24(2)14-15-25(3)21-22-19-9-7-6-8-18(19)20(23-21)26(4)16-10-12-17(27-5)13-11-16/h6-13H,14-15H2,1-5H3. The van der Waals surface area contributed by atoms with Gasteiger partial charge in [-0.3, -0.25) is 0 Å². The summed E-state index contributed by atoms with van der Waals surface area (Å²) < 4.78 is 5.27. The number of para-hydroxylation sites is 1. The smallest absolute Gasteiger partial charge is 0.227 e. The van der Waals surface area contributed by atoms with E-state index in [0.29, 0.717) is 0 Å². The van der Waals surface area contributed by atoms with Crippen molar-refractivity contribution in [2.75, 3.05) is 58.2 Å². The van der Waals surface area contributed by atoms with Crippen LogP contribution in [-0.4, -0.2) is 63.3 Å². The Kier molecular flexibility index (Phi) is 5.76. The van der Waals surface area contributed by atoms with Gasteiger partial charge in [-0.2, -0.15) is 4.98 Å². The lowest BCUT2D eigenvalue weighted by atomic mass is 10.2. The van der Waals surface area contributed by atoms with E-state index in [1.807, 2.05) is 56.6 Å². The molecule has 0 N–H and O–H groups in total. The number of nitrogens with zero attached hydrogens (tertiary/aromatic N) is 5. The second kappa shape index (κ2) is 8.22. The van der Waals surface area contributed by atoms with E-state index in [2.05, 4.69) is 34.9 Å². The van der Waals surface area contributed by atoms with E-state index >= 15 is 0 Å². The molecule has 0 aliphatic rings. The van der Waals surface area contributed by atoms with E-state index in [0.717, 1.165) is 47.2 Å². The highest BCUT2D eigenvalue weighted by Gasteiger charge is 2.15. The lowest BCUT2D eigenvalue weighted by molar-refractivity contribution is 0.415. The molecule has 142 valence electrons. The van der Waals surface area contributed by atoms with Crippen LogP contribution in [0.3, 0.4) is 0 Å². The Morgan fingerprint density at radius 2 is 1.56 bits per heavy atom. The summed E-state index contributed by atoms with van der Waals surface area (Å²) in [6, 6.07) is 16.1. The van der Waals surface area contributed by atoms with Gasteiger partial charge in [0.2, 0.25) is 5.95 Å². The van der Waals surface area contributed by atoms with Crippen molar-refractivity contribution in [3.8, 4) is 5.75 Å². The molecule has 6 heteroatoms. The molecule has 1 aromatic heterocycles. The number of anilines is 3. The summed E-state index contributed by atoms with van der Waals surface area (Å²) in [4.78, 5) is 16.0. The van der Waals surface area contributed by atoms with Gasteiger partial charge in [-0.1, -0.05) is 12.1 Å². The van der Waals surface area contributed by atoms with Gasteiger partial charge >= 0.3 is 0 Å². The normalized spacial score (nSPS) is 11.0. The van der Waals surface area contributed by atoms with Gasteiger partial charge in [0, 0.05) is 38.3 Å². The third-order valence-corrected chi connectivity index (χ3v) is 4.57. The molecular formula is C21H27N5O. The summed E-state index contributed by atoms with van der Waals surface area (Å²) >= 11 is 0. The van der Waals surface area contributed by atoms with E-state index < -0.39 is 0 Å². The Morgan fingerprint density at radius 3 is 2.22 bits per heavy atom. The van der Waals surface area contributed by atoms with Crippen molar-refractivity contribution < 1.29 is 4.74 Å². The molecule has 0 saturated heterocycles. The quantitative estimate of drug-likeness (QED) is 0.639. The van der Waals surface area contributed by atoms with Crippen LogP contribution in [0, 0.1) is 0 Å². The average Bonchev–Trinajstić information content (AvgIpc) is 2.70. The predicted molar refractivity (Wildman–Crippen MR) is 112 cm³/mol. The van der Waals surface area contributed by atoms with Crippen molar-refractivity contribution >= 4 is 28.4 Å². The fourth-order valence-corrected chi connectivity index (χ4v) is 2.85. The van der Waals surface area contributed by atoms with Crippen LogP contribution in [0.15, 0.2) is 48.5 Å². The van der Waals surface area contributed by atoms with Crippen molar-refractivity contribution in [2.24, 2.45) is 0 Å². The lowest BCUT2D eigenvalue weighted by Crippen LogP contribution is -2.30. The molecule has 27 heavy (non-hydrogen) atoms. The number of fused-ring (bicyclic) bond motifs is 1. The summed E-state index contributed by atoms with van der Waals surface area (Å²) in [6.07, 6.45) is 0. The lowest BCUT2D eigenvalue weighted by Gasteiger charge is -2.24. The Morgan fingerprint density at radius 1 is 0.852 bits per heavy atom. The highest BCUT2D eigenvalue weighted by atomic mass is 16.5. The molecule has 6 nitrogen and oxygen atoms in total. The number of rotatable bonds is 7. The molecule has 0 saturated carbocycles. The van der Waals surface area contributed by atoms with Crippen LogP contribution in [0.4, 0.5) is 17.5 Å². The zero-order chi connectivity index (χ0) is 19.4. The monoisotopic (exact) mass is 365 g/mol. The number of hydrogen-bond donors (Lipinski definition) is 0. The van der Waals surface area contributed by atoms with Gasteiger partial charge in [-0.05, 0) is 50.5 Å². The second-order valence-electron chi connectivity index (χ2n) is 6.85. The molecule has 0 atom stereocenters. The van der Waals surface area contributed by atoms with Crippen LogP contribution in [0.5, 0.6) is 5.75 Å². The van der Waals surface area contributed by atoms with E-state index in [1.165, 1.54) is 0 Å². The summed E-state index contributed by atoms with van der Waals surface area (Å²) in [5, 5.41) is 1.03. The largest absolute Gasteiger partial charge is 0.497 e. The zero-order valence-corrected chi connectivity index (χ0v) is 16.7. The van der Waals surface area contributed by atoms with Gasteiger partial charge < -0.3 is 19.4 Å². The van der Waals surface area contributed by atoms with Crippen molar-refractivity contribution in [3.05, 3.63) is 48.5 Å². The molecule has 1 heterocycles. The number of methoxy groups -OCH3 is 1. The van der Waals surface area contributed by atoms with Crippen molar-refractivity contribution in [3.63, 3.8) is 0 Å². The van der Waals surface area contributed by atoms with Crippen LogP contribution >= 0.6 is 0 Å². The Balaban J connectivity index is 2.01. The van der Waals surface area contributed by atoms with Crippen LogP contribution < -0.4 is 14.5 Å². The Labute approximate surface area is 161 Å². The molecule has 0 spiro atoms. The first-order valence-electron chi connectivity index (χ1n) is 9.00. The number of aromatic nitrogens is 2. The molecule has 0 radical (unpaired) electrons. The van der Waals surface area contributed by atoms with Gasteiger partial charge in [0.05, 0.1) is 12.6 Å². The van der Waals surface area contributed by atoms with Crippen molar-refractivity contribution in [1.82, 2.24) is 14.9 Å². The van der Waals surface area contributed by atoms with Crippen LogP contribution in [0.2, 0.25) is 0 Å². The predicted octanol–water partition coefficient (Wildman–Crippen LogP) is 3.40. The fraction of sp³-hybridized carbons (Fsp3) is 0.333. The van der Waals surface area contributed by atoms with Gasteiger partial charge in [0.1, 0.15) is 11.6 Å². The maximum absolute atomic E-state index is 5.27. The number of hydrogen-bond acceptors (Lipinski definition) is 6. The molecule has 2 aromatic carbocycles. The van der Waals surface area contributed by atoms with Gasteiger partial charge in [-0.25, -0.2) is 4.98 Å². The summed E-state index contributed by atoms with van der Waals surface area (Å²) in [5.74, 6) is 2.45. The highest BCUT2D eigenvalue weighted by Crippen LogP contribution is 2.31. The minimum absolute atomic E-state index is 0.728. The Bertz CT molecular complexity index is 895. The van der Waals surface area contributed by atoms with Crippen molar-refractivity contribution in [1.29, 1.82) is 0 Å². The molecule has 3 aromatic rings. The third kappa shape index (κ3) is 4.28. The van der Waals surface area contributed by atoms with Gasteiger partial charge in [0.25, 0.3) is 0 Å². The Hall–Kier alpha value is -2.86. The first kappa shape index (κ1) is 18.9. The molecular weight excluding hydrogens is 338 g/mol. The van der Waals surface area contributed by atoms with Gasteiger partial charge in [0.15, 0.2) is 0 Å². The maximum atomic E-state index is 5.27. The van der Waals surface area contributed by atoms with Crippen molar-refractivity contribution in [2.45, 2.75) is 0 Å². The molecule has 0 fully saturated rings. The number of ether oxygens (including phenoxy) is 1. The topological polar surface area (TPSA) is 44.7 Å². The first-order valence-corrected chi connectivity index (χ1v) is 9.00. The fourth-order valence-electron chi connectivity index (χ4n) is 2.85. The summed E-state index contributed by atoms with van der Waals surface area (Å²) in [7, 11) is 9.87. The van der Waals surface area contributed by atoms with Gasteiger partial charge in [-0.15, -0.1) is 0 Å². The summed E-state index contributed by atoms with van der Waals surface area (Å²) in [6.45, 7) is 1.80. The molecule has 3 rings (SSSR count). The SMILES string of the molecule is COc1ccc(N(C)c2nc(N(C)CCN(C)C)nc3ccccc23)cc1. The average molecular weight is 365 g/mol. The molecule has 0 aliphatic carbocycles. The number of benzene rings is 2. The van der Waals surface area contributed by atoms with Crippen LogP contribution in [0.1, 0.15) is 0 Å².